The number of nitrogens with zero attached hydrogens (tertiary/aromatic N) is 2. The minimum atomic E-state index is -0.179. The van der Waals surface area contributed by atoms with Gasteiger partial charge in [-0.25, -0.2) is 0 Å². The zero-order valence-corrected chi connectivity index (χ0v) is 14.7. The van der Waals surface area contributed by atoms with Crippen LogP contribution in [0.5, 0.6) is 0 Å². The fourth-order valence-corrected chi connectivity index (χ4v) is 2.62. The van der Waals surface area contributed by atoms with E-state index in [0.717, 1.165) is 17.4 Å². The third-order valence-electron chi connectivity index (χ3n) is 2.97. The molecule has 118 valence electrons. The first kappa shape index (κ1) is 17.9. The molecular weight excluding hydrogens is 334 g/mol. The number of rotatable bonds is 7. The third-order valence-corrected chi connectivity index (χ3v) is 3.44. The first-order valence-corrected chi connectivity index (χ1v) is 7.87. The van der Waals surface area contributed by atoms with Gasteiger partial charge in [-0.2, -0.15) is 0 Å². The molecule has 1 rings (SSSR count). The number of likely N-dealkylation sites (N-methyl/N-ethyl adjacent to an activating group) is 1. The Bertz CT molecular complexity index is 516. The normalized spacial score (nSPS) is 12.7. The van der Waals surface area contributed by atoms with Crippen LogP contribution in [0.25, 0.3) is 0 Å². The van der Waals surface area contributed by atoms with E-state index in [9.17, 15) is 9.59 Å². The van der Waals surface area contributed by atoms with Crippen molar-refractivity contribution in [2.45, 2.75) is 32.9 Å². The van der Waals surface area contributed by atoms with Gasteiger partial charge in [-0.3, -0.25) is 9.59 Å². The molecule has 0 aliphatic carbocycles. The summed E-state index contributed by atoms with van der Waals surface area (Å²) in [5, 5.41) is 3.02. The molecule has 0 bridgehead atoms. The lowest BCUT2D eigenvalue weighted by atomic mass is 10.0. The Labute approximate surface area is 134 Å². The second-order valence-electron chi connectivity index (χ2n) is 5.97. The van der Waals surface area contributed by atoms with Gasteiger partial charge in [0.25, 0.3) is 5.56 Å². The van der Waals surface area contributed by atoms with E-state index in [-0.39, 0.29) is 24.1 Å². The van der Waals surface area contributed by atoms with E-state index >= 15 is 0 Å². The summed E-state index contributed by atoms with van der Waals surface area (Å²) < 4.78 is 2.18. The van der Waals surface area contributed by atoms with Crippen LogP contribution < -0.4 is 10.9 Å². The summed E-state index contributed by atoms with van der Waals surface area (Å²) in [7, 11) is 3.97. The molecule has 0 fully saturated rings. The van der Waals surface area contributed by atoms with Crippen molar-refractivity contribution in [1.82, 2.24) is 14.8 Å². The van der Waals surface area contributed by atoms with Crippen LogP contribution in [-0.2, 0) is 11.3 Å². The van der Waals surface area contributed by atoms with Crippen LogP contribution in [0.2, 0.25) is 0 Å². The van der Waals surface area contributed by atoms with Gasteiger partial charge in [0.2, 0.25) is 5.91 Å². The maximum atomic E-state index is 12.1. The van der Waals surface area contributed by atoms with Crippen molar-refractivity contribution in [1.29, 1.82) is 0 Å². The van der Waals surface area contributed by atoms with Crippen molar-refractivity contribution in [2.24, 2.45) is 5.92 Å². The van der Waals surface area contributed by atoms with Crippen molar-refractivity contribution >= 4 is 21.8 Å². The Morgan fingerprint density at radius 2 is 2.05 bits per heavy atom. The number of hydrogen-bond donors (Lipinski definition) is 1. The lowest BCUT2D eigenvalue weighted by molar-refractivity contribution is -0.122. The highest BCUT2D eigenvalue weighted by molar-refractivity contribution is 9.10. The molecule has 0 saturated heterocycles. The largest absolute Gasteiger partial charge is 0.351 e. The summed E-state index contributed by atoms with van der Waals surface area (Å²) in [5.74, 6) is 0.367. The molecule has 1 heterocycles. The molecule has 1 unspecified atom stereocenters. The number of nitrogens with one attached hydrogen (secondary N) is 1. The van der Waals surface area contributed by atoms with Crippen LogP contribution in [0.3, 0.4) is 0 Å². The van der Waals surface area contributed by atoms with Crippen molar-refractivity contribution in [3.63, 3.8) is 0 Å². The van der Waals surface area contributed by atoms with E-state index in [1.54, 1.807) is 12.3 Å². The highest BCUT2D eigenvalue weighted by Gasteiger charge is 2.15. The molecule has 0 saturated carbocycles. The Balaban J connectivity index is 2.68. The summed E-state index contributed by atoms with van der Waals surface area (Å²) in [6.07, 6.45) is 2.54. The summed E-state index contributed by atoms with van der Waals surface area (Å²) in [6.45, 7) is 5.10. The minimum absolute atomic E-state index is 0.0420. The summed E-state index contributed by atoms with van der Waals surface area (Å²) in [4.78, 5) is 25.9. The molecule has 0 radical (unpaired) electrons. The molecule has 0 aromatic carbocycles. The van der Waals surface area contributed by atoms with Crippen LogP contribution in [0.15, 0.2) is 27.6 Å². The van der Waals surface area contributed by atoms with E-state index in [4.69, 9.17) is 0 Å². The number of pyridine rings is 1. The molecule has 5 nitrogen and oxygen atoms in total. The Kier molecular flexibility index (Phi) is 7.11. The molecule has 1 aromatic rings. The third kappa shape index (κ3) is 6.91. The molecule has 6 heteroatoms. The highest BCUT2D eigenvalue weighted by atomic mass is 79.9. The van der Waals surface area contributed by atoms with Crippen molar-refractivity contribution in [2.75, 3.05) is 20.6 Å². The summed E-state index contributed by atoms with van der Waals surface area (Å²) in [5.41, 5.74) is -0.179. The SMILES string of the molecule is CC(C)CC(CN(C)C)NC(=O)Cn1cc(Br)ccc1=O. The van der Waals surface area contributed by atoms with E-state index in [1.165, 1.54) is 10.6 Å². The predicted octanol–water partition coefficient (Wildman–Crippen LogP) is 1.70. The predicted molar refractivity (Wildman–Crippen MR) is 88.3 cm³/mol. The molecule has 21 heavy (non-hydrogen) atoms. The van der Waals surface area contributed by atoms with E-state index in [0.29, 0.717) is 5.92 Å². The average molecular weight is 358 g/mol. The number of hydrogen-bond acceptors (Lipinski definition) is 3. The minimum Gasteiger partial charge on any atom is -0.351 e. The van der Waals surface area contributed by atoms with Gasteiger partial charge in [-0.05, 0) is 48.4 Å². The Morgan fingerprint density at radius 3 is 2.62 bits per heavy atom. The van der Waals surface area contributed by atoms with Crippen molar-refractivity contribution in [3.05, 3.63) is 33.2 Å². The van der Waals surface area contributed by atoms with Gasteiger partial charge in [0.15, 0.2) is 0 Å². The zero-order chi connectivity index (χ0) is 16.0. The van der Waals surface area contributed by atoms with Gasteiger partial charge in [0.1, 0.15) is 6.54 Å². The lowest BCUT2D eigenvalue weighted by Gasteiger charge is -2.24. The van der Waals surface area contributed by atoms with Gasteiger partial charge in [0, 0.05) is 29.3 Å². The van der Waals surface area contributed by atoms with Gasteiger partial charge in [-0.1, -0.05) is 13.8 Å². The smallest absolute Gasteiger partial charge is 0.251 e. The van der Waals surface area contributed by atoms with Crippen LogP contribution in [0.1, 0.15) is 20.3 Å². The van der Waals surface area contributed by atoms with Gasteiger partial charge in [0.05, 0.1) is 0 Å². The number of carbonyl (C=O) groups is 1. The molecule has 0 spiro atoms. The summed E-state index contributed by atoms with van der Waals surface area (Å²) in [6, 6.07) is 3.21. The maximum absolute atomic E-state index is 12.1. The number of aromatic nitrogens is 1. The van der Waals surface area contributed by atoms with E-state index in [1.807, 2.05) is 14.1 Å². The molecule has 0 aliphatic rings. The van der Waals surface area contributed by atoms with Crippen LogP contribution >= 0.6 is 15.9 Å². The lowest BCUT2D eigenvalue weighted by Crippen LogP contribution is -2.44. The standard InChI is InChI=1S/C15H24BrN3O2/c1-11(2)7-13(9-18(3)4)17-14(20)10-19-8-12(16)5-6-15(19)21/h5-6,8,11,13H,7,9-10H2,1-4H3,(H,17,20). The Hall–Kier alpha value is -1.14. The first-order valence-electron chi connectivity index (χ1n) is 7.08. The van der Waals surface area contributed by atoms with Crippen LogP contribution in [-0.4, -0.2) is 42.1 Å². The Morgan fingerprint density at radius 1 is 1.38 bits per heavy atom. The van der Waals surface area contributed by atoms with Crippen molar-refractivity contribution in [3.8, 4) is 0 Å². The topological polar surface area (TPSA) is 54.3 Å². The molecule has 1 atom stereocenters. The quantitative estimate of drug-likeness (QED) is 0.807. The fourth-order valence-electron chi connectivity index (χ4n) is 2.24. The average Bonchev–Trinajstić information content (AvgIpc) is 2.31. The zero-order valence-electron chi connectivity index (χ0n) is 13.1. The van der Waals surface area contributed by atoms with Gasteiger partial charge >= 0.3 is 0 Å². The monoisotopic (exact) mass is 357 g/mol. The second-order valence-corrected chi connectivity index (χ2v) is 6.89. The highest BCUT2D eigenvalue weighted by Crippen LogP contribution is 2.07. The second kappa shape index (κ2) is 8.34. The maximum Gasteiger partial charge on any atom is 0.251 e. The van der Waals surface area contributed by atoms with Gasteiger partial charge in [-0.15, -0.1) is 0 Å². The molecule has 1 N–H and O–H groups in total. The number of carbonyl (C=O) groups excluding carboxylic acids is 1. The molecule has 0 aliphatic heterocycles. The fraction of sp³-hybridized carbons (Fsp3) is 0.600. The first-order chi connectivity index (χ1) is 9.77. The summed E-state index contributed by atoms with van der Waals surface area (Å²) >= 11 is 3.30. The number of halogens is 1. The van der Waals surface area contributed by atoms with Crippen LogP contribution in [0.4, 0.5) is 0 Å². The number of amides is 1. The van der Waals surface area contributed by atoms with Crippen LogP contribution in [0, 0.1) is 5.92 Å². The van der Waals surface area contributed by atoms with E-state index in [2.05, 4.69) is 40.0 Å². The van der Waals surface area contributed by atoms with Gasteiger partial charge < -0.3 is 14.8 Å². The molecule has 1 amide bonds. The van der Waals surface area contributed by atoms with E-state index < -0.39 is 0 Å². The van der Waals surface area contributed by atoms with Crippen molar-refractivity contribution < 1.29 is 4.79 Å². The molecular formula is C15H24BrN3O2. The molecule has 1 aromatic heterocycles.